The summed E-state index contributed by atoms with van der Waals surface area (Å²) in [4.78, 5) is 38.1. The fourth-order valence-corrected chi connectivity index (χ4v) is 7.76. The highest BCUT2D eigenvalue weighted by Gasteiger charge is 2.19. The van der Waals surface area contributed by atoms with E-state index < -0.39 is 6.10 Å². The molecule has 0 aromatic heterocycles. The molecule has 0 saturated heterocycles. The van der Waals surface area contributed by atoms with Gasteiger partial charge in [0.05, 0.1) is 0 Å². The summed E-state index contributed by atoms with van der Waals surface area (Å²) in [6.45, 7) is 6.50. The molecule has 0 radical (unpaired) electrons. The highest BCUT2D eigenvalue weighted by atomic mass is 16.6. The van der Waals surface area contributed by atoms with Crippen molar-refractivity contribution < 1.29 is 28.6 Å². The highest BCUT2D eigenvalue weighted by Crippen LogP contribution is 2.15. The Balaban J connectivity index is 4.42. The second kappa shape index (κ2) is 54.5. The van der Waals surface area contributed by atoms with Crippen molar-refractivity contribution in [2.24, 2.45) is 0 Å². The summed E-state index contributed by atoms with van der Waals surface area (Å²) < 4.78 is 16.8. The number of carbonyl (C=O) groups is 3. The van der Waals surface area contributed by atoms with E-state index in [-0.39, 0.29) is 31.1 Å². The van der Waals surface area contributed by atoms with E-state index in [4.69, 9.17) is 14.2 Å². The number of esters is 3. The molecular formula is C60H104O6. The van der Waals surface area contributed by atoms with E-state index in [2.05, 4.69) is 93.7 Å². The van der Waals surface area contributed by atoms with Crippen LogP contribution in [0.2, 0.25) is 0 Å². The van der Waals surface area contributed by atoms with E-state index in [0.717, 1.165) is 96.3 Å². The average molecular weight is 921 g/mol. The number of allylic oxidation sites excluding steroid dienone is 12. The summed E-state index contributed by atoms with van der Waals surface area (Å²) in [5, 5.41) is 0. The molecule has 0 heterocycles. The second-order valence-corrected chi connectivity index (χ2v) is 18.5. The minimum atomic E-state index is -0.789. The van der Waals surface area contributed by atoms with Gasteiger partial charge in [-0.15, -0.1) is 0 Å². The third kappa shape index (κ3) is 51.8. The largest absolute Gasteiger partial charge is 0.462 e. The van der Waals surface area contributed by atoms with Gasteiger partial charge in [-0.3, -0.25) is 14.4 Å². The molecule has 0 aromatic carbocycles. The molecular weight excluding hydrogens is 817 g/mol. The predicted octanol–water partition coefficient (Wildman–Crippen LogP) is 18.6. The molecule has 0 aliphatic rings. The zero-order chi connectivity index (χ0) is 47.9. The Morgan fingerprint density at radius 1 is 0.318 bits per heavy atom. The van der Waals surface area contributed by atoms with Gasteiger partial charge in [0.25, 0.3) is 0 Å². The van der Waals surface area contributed by atoms with Crippen LogP contribution in [0.15, 0.2) is 72.9 Å². The summed E-state index contributed by atoms with van der Waals surface area (Å²) in [5.41, 5.74) is 0. The molecule has 0 bridgehead atoms. The van der Waals surface area contributed by atoms with Crippen molar-refractivity contribution in [1.29, 1.82) is 0 Å². The van der Waals surface area contributed by atoms with Crippen LogP contribution in [0.25, 0.3) is 0 Å². The van der Waals surface area contributed by atoms with Crippen molar-refractivity contribution in [3.05, 3.63) is 72.9 Å². The molecule has 0 rings (SSSR count). The first kappa shape index (κ1) is 62.8. The Morgan fingerprint density at radius 3 is 0.955 bits per heavy atom. The molecule has 0 fully saturated rings. The molecule has 0 aliphatic carbocycles. The van der Waals surface area contributed by atoms with Gasteiger partial charge in [0.15, 0.2) is 6.10 Å². The normalized spacial score (nSPS) is 12.6. The van der Waals surface area contributed by atoms with Gasteiger partial charge >= 0.3 is 17.9 Å². The Hall–Kier alpha value is -3.15. The van der Waals surface area contributed by atoms with Gasteiger partial charge in [0.2, 0.25) is 0 Å². The van der Waals surface area contributed by atoms with Gasteiger partial charge in [0, 0.05) is 19.3 Å². The number of ether oxygens (including phenoxy) is 3. The fourth-order valence-electron chi connectivity index (χ4n) is 7.76. The lowest BCUT2D eigenvalue weighted by atomic mass is 10.0. The van der Waals surface area contributed by atoms with Crippen LogP contribution in [0.1, 0.15) is 271 Å². The predicted molar refractivity (Wildman–Crippen MR) is 284 cm³/mol. The van der Waals surface area contributed by atoms with E-state index in [1.807, 2.05) is 0 Å². The zero-order valence-electron chi connectivity index (χ0n) is 43.4. The summed E-state index contributed by atoms with van der Waals surface area (Å²) >= 11 is 0. The van der Waals surface area contributed by atoms with Gasteiger partial charge in [-0.2, -0.15) is 0 Å². The van der Waals surface area contributed by atoms with Gasteiger partial charge < -0.3 is 14.2 Å². The number of unbranched alkanes of at least 4 members (excludes halogenated alkanes) is 27. The van der Waals surface area contributed by atoms with Crippen LogP contribution in [0.3, 0.4) is 0 Å². The smallest absolute Gasteiger partial charge is 0.306 e. The van der Waals surface area contributed by atoms with Crippen LogP contribution in [-0.2, 0) is 28.6 Å². The molecule has 0 saturated carbocycles. The van der Waals surface area contributed by atoms with Crippen LogP contribution < -0.4 is 0 Å². The fraction of sp³-hybridized carbons (Fsp3) is 0.750. The summed E-state index contributed by atoms with van der Waals surface area (Å²) in [6.07, 6.45) is 68.9. The first-order valence-electron chi connectivity index (χ1n) is 27.9. The zero-order valence-corrected chi connectivity index (χ0v) is 43.4. The molecule has 6 nitrogen and oxygen atoms in total. The number of hydrogen-bond donors (Lipinski definition) is 0. The molecule has 0 aliphatic heterocycles. The van der Waals surface area contributed by atoms with Crippen LogP contribution in [0.4, 0.5) is 0 Å². The average Bonchev–Trinajstić information content (AvgIpc) is 3.31. The number of carbonyl (C=O) groups excluding carboxylic acids is 3. The number of hydrogen-bond acceptors (Lipinski definition) is 6. The Morgan fingerprint density at radius 2 is 0.591 bits per heavy atom. The first-order chi connectivity index (χ1) is 32.5. The number of rotatable bonds is 50. The topological polar surface area (TPSA) is 78.9 Å². The lowest BCUT2D eigenvalue weighted by molar-refractivity contribution is -0.167. The van der Waals surface area contributed by atoms with Crippen molar-refractivity contribution in [3.8, 4) is 0 Å². The van der Waals surface area contributed by atoms with E-state index in [0.29, 0.717) is 19.3 Å². The van der Waals surface area contributed by atoms with E-state index >= 15 is 0 Å². The summed E-state index contributed by atoms with van der Waals surface area (Å²) in [7, 11) is 0. The molecule has 0 N–H and O–H groups in total. The van der Waals surface area contributed by atoms with E-state index in [1.165, 1.54) is 135 Å². The first-order valence-corrected chi connectivity index (χ1v) is 27.9. The standard InChI is InChI=1S/C60H104O6/c1-4-7-10-13-16-19-22-25-27-29-30-32-33-35-38-41-44-47-50-53-59(62)65-56-57(55-64-58(61)52-49-46-43-40-37-24-21-18-15-12-9-6-3)66-60(63)54-51-48-45-42-39-36-34-31-28-26-23-20-17-14-11-8-5-2/h7,10,16,19,25-28,30,32,35,38,57H,4-6,8-9,11-15,17-18,20-24,29,31,33-34,36-37,39-56H2,1-3H3/b10-7-,19-16-,27-25-,28-26-,32-30-,38-35-/t57-/m0/s1. The quantitative estimate of drug-likeness (QED) is 0.0262. The van der Waals surface area contributed by atoms with Crippen LogP contribution >= 0.6 is 0 Å². The van der Waals surface area contributed by atoms with Crippen molar-refractivity contribution in [1.82, 2.24) is 0 Å². The second-order valence-electron chi connectivity index (χ2n) is 18.5. The van der Waals surface area contributed by atoms with Crippen molar-refractivity contribution in [2.45, 2.75) is 277 Å². The molecule has 6 heteroatoms. The minimum absolute atomic E-state index is 0.0857. The Kier molecular flexibility index (Phi) is 51.9. The molecule has 0 aromatic rings. The van der Waals surface area contributed by atoms with Crippen LogP contribution in [0, 0.1) is 0 Å². The SMILES string of the molecule is CC/C=C\C/C=C\C/C=C\C/C=C\C/C=C\CCCCCC(=O)OC[C@H](COC(=O)CCCCCCCCCCCCCC)OC(=O)CCCCCCCCC/C=C\CCCCCCCC. The van der Waals surface area contributed by atoms with Crippen molar-refractivity contribution in [2.75, 3.05) is 13.2 Å². The molecule has 380 valence electrons. The Labute approximate surface area is 408 Å². The van der Waals surface area contributed by atoms with Gasteiger partial charge in [0.1, 0.15) is 13.2 Å². The van der Waals surface area contributed by atoms with E-state index in [9.17, 15) is 14.4 Å². The van der Waals surface area contributed by atoms with E-state index in [1.54, 1.807) is 0 Å². The summed E-state index contributed by atoms with van der Waals surface area (Å²) in [5.74, 6) is -0.917. The van der Waals surface area contributed by atoms with Crippen molar-refractivity contribution in [3.63, 3.8) is 0 Å². The third-order valence-corrected chi connectivity index (χ3v) is 11.9. The van der Waals surface area contributed by atoms with Crippen molar-refractivity contribution >= 4 is 17.9 Å². The molecule has 0 amide bonds. The minimum Gasteiger partial charge on any atom is -0.462 e. The maximum Gasteiger partial charge on any atom is 0.306 e. The van der Waals surface area contributed by atoms with Gasteiger partial charge in [-0.05, 0) is 89.9 Å². The maximum absolute atomic E-state index is 12.8. The van der Waals surface area contributed by atoms with Crippen LogP contribution in [0.5, 0.6) is 0 Å². The third-order valence-electron chi connectivity index (χ3n) is 11.9. The molecule has 0 spiro atoms. The van der Waals surface area contributed by atoms with Gasteiger partial charge in [-0.1, -0.05) is 235 Å². The molecule has 66 heavy (non-hydrogen) atoms. The lowest BCUT2D eigenvalue weighted by Gasteiger charge is -2.18. The lowest BCUT2D eigenvalue weighted by Crippen LogP contribution is -2.30. The summed E-state index contributed by atoms with van der Waals surface area (Å²) in [6, 6.07) is 0. The Bertz CT molecular complexity index is 1240. The monoisotopic (exact) mass is 921 g/mol. The molecule has 1 atom stereocenters. The molecule has 0 unspecified atom stereocenters. The maximum atomic E-state index is 12.8. The van der Waals surface area contributed by atoms with Crippen LogP contribution in [-0.4, -0.2) is 37.2 Å². The highest BCUT2D eigenvalue weighted by molar-refractivity contribution is 5.71. The van der Waals surface area contributed by atoms with Gasteiger partial charge in [-0.25, -0.2) is 0 Å².